The SMILES string of the molecule is C=C[SiH2]CCC(C)(N(C)C)N(C)C. The minimum absolute atomic E-state index is 0.0115. The molecule has 0 radical (unpaired) electrons. The molecule has 0 heterocycles. The van der Waals surface area contributed by atoms with Crippen LogP contribution in [0, 0.1) is 0 Å². The Balaban J connectivity index is 4.16. The maximum absolute atomic E-state index is 3.80. The number of nitrogens with zero attached hydrogens (tertiary/aromatic N) is 2. The van der Waals surface area contributed by atoms with Gasteiger partial charge in [-0.25, -0.2) is 0 Å². The first kappa shape index (κ1) is 12.9. The van der Waals surface area contributed by atoms with Crippen molar-refractivity contribution in [2.24, 2.45) is 0 Å². The lowest BCUT2D eigenvalue weighted by Crippen LogP contribution is -2.52. The minimum atomic E-state index is -0.0115. The smallest absolute Gasteiger partial charge is 0.0695 e. The highest BCUT2D eigenvalue weighted by Gasteiger charge is 2.28. The second-order valence-corrected chi connectivity index (χ2v) is 6.05. The first-order valence-corrected chi connectivity index (χ1v) is 6.72. The van der Waals surface area contributed by atoms with Gasteiger partial charge in [-0.05, 0) is 41.5 Å². The molecule has 0 amide bonds. The van der Waals surface area contributed by atoms with E-state index in [-0.39, 0.29) is 15.2 Å². The van der Waals surface area contributed by atoms with Gasteiger partial charge >= 0.3 is 0 Å². The van der Waals surface area contributed by atoms with Crippen LogP contribution < -0.4 is 0 Å². The third kappa shape index (κ3) is 3.63. The first-order valence-electron chi connectivity index (χ1n) is 4.91. The van der Waals surface area contributed by atoms with E-state index in [4.69, 9.17) is 0 Å². The fourth-order valence-electron chi connectivity index (χ4n) is 1.43. The molecule has 78 valence electrons. The van der Waals surface area contributed by atoms with Crippen molar-refractivity contribution in [3.05, 3.63) is 12.3 Å². The van der Waals surface area contributed by atoms with Crippen LogP contribution in [-0.2, 0) is 0 Å². The summed E-state index contributed by atoms with van der Waals surface area (Å²) in [7, 11) is 8.58. The molecule has 2 nitrogen and oxygen atoms in total. The summed E-state index contributed by atoms with van der Waals surface area (Å²) in [5.41, 5.74) is 2.34. The monoisotopic (exact) mass is 200 g/mol. The van der Waals surface area contributed by atoms with Crippen LogP contribution >= 0.6 is 0 Å². The van der Waals surface area contributed by atoms with Crippen molar-refractivity contribution in [1.29, 1.82) is 0 Å². The molecule has 0 bridgehead atoms. The Labute approximate surface area is 85.4 Å². The van der Waals surface area contributed by atoms with Crippen LogP contribution in [0.3, 0.4) is 0 Å². The van der Waals surface area contributed by atoms with E-state index in [1.165, 1.54) is 12.5 Å². The summed E-state index contributed by atoms with van der Waals surface area (Å²) in [5.74, 6) is 0. The van der Waals surface area contributed by atoms with Gasteiger partial charge in [0.25, 0.3) is 0 Å². The molecule has 0 unspecified atom stereocenters. The maximum Gasteiger partial charge on any atom is 0.0695 e. The summed E-state index contributed by atoms with van der Waals surface area (Å²) in [4.78, 5) is 4.59. The molecule has 0 aliphatic rings. The van der Waals surface area contributed by atoms with Gasteiger partial charge in [0.05, 0.1) is 5.66 Å². The van der Waals surface area contributed by atoms with E-state index in [0.29, 0.717) is 0 Å². The van der Waals surface area contributed by atoms with Crippen molar-refractivity contribution in [2.75, 3.05) is 28.2 Å². The number of hydrogen-bond donors (Lipinski definition) is 0. The normalized spacial score (nSPS) is 13.5. The standard InChI is InChI=1S/C10H24N2Si/c1-7-13-9-8-10(2,11(3)4)12(5)6/h7H,1,8-9,13H2,2-6H3. The second kappa shape index (κ2) is 5.57. The van der Waals surface area contributed by atoms with Gasteiger partial charge in [-0.1, -0.05) is 6.04 Å². The lowest BCUT2D eigenvalue weighted by atomic mass is 10.1. The lowest BCUT2D eigenvalue weighted by Gasteiger charge is -2.42. The molecule has 0 N–H and O–H groups in total. The van der Waals surface area contributed by atoms with E-state index in [1.54, 1.807) is 0 Å². The van der Waals surface area contributed by atoms with E-state index in [0.717, 1.165) is 0 Å². The highest BCUT2D eigenvalue weighted by Crippen LogP contribution is 2.20. The molecule has 0 spiro atoms. The zero-order valence-corrected chi connectivity index (χ0v) is 11.2. The Hall–Kier alpha value is -0.123. The highest BCUT2D eigenvalue weighted by molar-refractivity contribution is 6.41. The molecule has 0 aromatic heterocycles. The van der Waals surface area contributed by atoms with Crippen LogP contribution in [0.15, 0.2) is 12.3 Å². The van der Waals surface area contributed by atoms with E-state index < -0.39 is 0 Å². The zero-order chi connectivity index (χ0) is 10.5. The van der Waals surface area contributed by atoms with Gasteiger partial charge in [0.2, 0.25) is 0 Å². The van der Waals surface area contributed by atoms with Crippen molar-refractivity contribution in [1.82, 2.24) is 9.80 Å². The third-order valence-electron chi connectivity index (χ3n) is 2.99. The molecule has 0 fully saturated rings. The molecule has 0 aromatic rings. The van der Waals surface area contributed by atoms with Gasteiger partial charge < -0.3 is 0 Å². The van der Waals surface area contributed by atoms with Gasteiger partial charge in [-0.3, -0.25) is 9.80 Å². The molecular formula is C10H24N2Si. The van der Waals surface area contributed by atoms with Gasteiger partial charge in [0.1, 0.15) is 0 Å². The van der Waals surface area contributed by atoms with Crippen molar-refractivity contribution in [3.63, 3.8) is 0 Å². The summed E-state index contributed by atoms with van der Waals surface area (Å²) in [6.45, 7) is 6.10. The second-order valence-electron chi connectivity index (χ2n) is 4.19. The summed E-state index contributed by atoms with van der Waals surface area (Å²) >= 11 is 0. The molecule has 0 atom stereocenters. The fourth-order valence-corrected chi connectivity index (χ4v) is 2.59. The Kier molecular flexibility index (Phi) is 5.52. The molecule has 0 rings (SSSR count). The quantitative estimate of drug-likeness (QED) is 0.358. The molecular weight excluding hydrogens is 176 g/mol. The Morgan fingerprint density at radius 1 is 1.23 bits per heavy atom. The summed E-state index contributed by atoms with van der Waals surface area (Å²) in [6.07, 6.45) is 1.24. The van der Waals surface area contributed by atoms with Crippen LogP contribution in [0.1, 0.15) is 13.3 Å². The van der Waals surface area contributed by atoms with Crippen molar-refractivity contribution in [2.45, 2.75) is 25.1 Å². The fraction of sp³-hybridized carbons (Fsp3) is 0.800. The largest absolute Gasteiger partial charge is 0.292 e. The zero-order valence-electron chi connectivity index (χ0n) is 9.80. The first-order chi connectivity index (χ1) is 5.95. The molecule has 3 heteroatoms. The summed E-state index contributed by atoms with van der Waals surface area (Å²) in [6, 6.07) is 1.34. The van der Waals surface area contributed by atoms with Crippen molar-refractivity contribution >= 4 is 9.52 Å². The molecule has 0 saturated carbocycles. The third-order valence-corrected chi connectivity index (χ3v) is 4.16. The van der Waals surface area contributed by atoms with Crippen LogP contribution in [0.5, 0.6) is 0 Å². The van der Waals surface area contributed by atoms with Gasteiger partial charge in [0.15, 0.2) is 0 Å². The van der Waals surface area contributed by atoms with Crippen LogP contribution in [0.25, 0.3) is 0 Å². The average Bonchev–Trinajstić information content (AvgIpc) is 2.03. The predicted molar refractivity (Wildman–Crippen MR) is 63.9 cm³/mol. The average molecular weight is 200 g/mol. The lowest BCUT2D eigenvalue weighted by molar-refractivity contribution is 0.0180. The predicted octanol–water partition coefficient (Wildman–Crippen LogP) is 0.946. The Morgan fingerprint density at radius 2 is 1.69 bits per heavy atom. The van der Waals surface area contributed by atoms with Gasteiger partial charge in [0, 0.05) is 9.52 Å². The molecule has 0 aliphatic carbocycles. The Morgan fingerprint density at radius 3 is 2.00 bits per heavy atom. The molecule has 0 aromatic carbocycles. The summed E-state index contributed by atoms with van der Waals surface area (Å²) < 4.78 is 0. The van der Waals surface area contributed by atoms with Crippen LogP contribution in [0.4, 0.5) is 0 Å². The summed E-state index contributed by atoms with van der Waals surface area (Å²) in [5, 5.41) is 0. The van der Waals surface area contributed by atoms with Crippen molar-refractivity contribution < 1.29 is 0 Å². The highest BCUT2D eigenvalue weighted by atomic mass is 28.2. The molecule has 13 heavy (non-hydrogen) atoms. The van der Waals surface area contributed by atoms with E-state index in [9.17, 15) is 0 Å². The van der Waals surface area contributed by atoms with E-state index in [2.05, 4.69) is 57.2 Å². The minimum Gasteiger partial charge on any atom is -0.292 e. The van der Waals surface area contributed by atoms with Crippen LogP contribution in [-0.4, -0.2) is 53.2 Å². The topological polar surface area (TPSA) is 6.48 Å². The number of hydrogen-bond acceptors (Lipinski definition) is 2. The van der Waals surface area contributed by atoms with E-state index in [1.807, 2.05) is 0 Å². The van der Waals surface area contributed by atoms with Crippen LogP contribution in [0.2, 0.25) is 6.04 Å². The maximum atomic E-state index is 3.80. The van der Waals surface area contributed by atoms with E-state index >= 15 is 0 Å². The van der Waals surface area contributed by atoms with Crippen molar-refractivity contribution in [3.8, 4) is 0 Å². The van der Waals surface area contributed by atoms with Gasteiger partial charge in [-0.15, -0.1) is 12.3 Å². The molecule has 0 saturated heterocycles. The molecule has 0 aliphatic heterocycles. The number of rotatable bonds is 6. The Bertz CT molecular complexity index is 147. The van der Waals surface area contributed by atoms with Gasteiger partial charge in [-0.2, -0.15) is 0 Å².